The van der Waals surface area contributed by atoms with Crippen molar-refractivity contribution in [3.63, 3.8) is 0 Å². The summed E-state index contributed by atoms with van der Waals surface area (Å²) in [6.45, 7) is 12.3. The largest absolute Gasteiger partial charge is 0.481 e. The van der Waals surface area contributed by atoms with Crippen molar-refractivity contribution in [1.29, 1.82) is 0 Å². The number of rotatable bonds is 9. The standard InChI is InChI=1S/C36H42N4O7/c1-15-22(8-10-30(44)45)27-14-28-23(9-11-31(46)47)16(2)25(38-28)13-29-32(19(5)41)18(4)35(40-29)34(21(7)43)36-33(20(6)42)17(3)26(39-36)12-24(15)37-27/h12-14,19-20,37-42H,8-11H2,1-7H3,(H,44,45)(H,46,47). The van der Waals surface area contributed by atoms with E-state index in [0.29, 0.717) is 60.7 Å². The maximum atomic E-state index is 13.5. The summed E-state index contributed by atoms with van der Waals surface area (Å²) < 4.78 is 0. The summed E-state index contributed by atoms with van der Waals surface area (Å²) in [5.74, 6) is -2.10. The first-order chi connectivity index (χ1) is 22.1. The Hall–Kier alpha value is -4.87. The van der Waals surface area contributed by atoms with Crippen molar-refractivity contribution >= 4 is 41.5 Å². The summed E-state index contributed by atoms with van der Waals surface area (Å²) in [5, 5.41) is 43.5. The second-order valence-corrected chi connectivity index (χ2v) is 12.5. The van der Waals surface area contributed by atoms with Gasteiger partial charge in [0.1, 0.15) is 0 Å². The van der Waals surface area contributed by atoms with Crippen molar-refractivity contribution in [2.45, 2.75) is 86.4 Å². The number of hydrogen-bond acceptors (Lipinski definition) is 5. The molecule has 1 aliphatic rings. The SMILES string of the molecule is CC(=O)C1=c2[nH]c(c(C)c2C(C)O)=Cc2[nH]c(c(CCC(=O)O)c2C)C=c2[nH]c(c(C)c2CCC(=O)O)=Cc2[nH]c1c(C)c2C(C)O. The number of ketones is 1. The predicted molar refractivity (Wildman–Crippen MR) is 178 cm³/mol. The first-order valence-electron chi connectivity index (χ1n) is 15.7. The van der Waals surface area contributed by atoms with Gasteiger partial charge in [-0.25, -0.2) is 0 Å². The summed E-state index contributed by atoms with van der Waals surface area (Å²) in [6.07, 6.45) is 4.18. The van der Waals surface area contributed by atoms with Gasteiger partial charge in [-0.1, -0.05) is 0 Å². The second-order valence-electron chi connectivity index (χ2n) is 12.5. The molecule has 5 rings (SSSR count). The number of carbonyl (C=O) groups excluding carboxylic acids is 1. The maximum absolute atomic E-state index is 13.5. The summed E-state index contributed by atoms with van der Waals surface area (Å²) in [6, 6.07) is 0. The number of aromatic amines is 4. The fourth-order valence-corrected chi connectivity index (χ4v) is 6.94. The molecule has 5 heterocycles. The van der Waals surface area contributed by atoms with Crippen LogP contribution in [0.4, 0.5) is 0 Å². The van der Waals surface area contributed by atoms with E-state index >= 15 is 0 Å². The van der Waals surface area contributed by atoms with Crippen molar-refractivity contribution in [3.8, 4) is 0 Å². The van der Waals surface area contributed by atoms with Crippen molar-refractivity contribution in [2.24, 2.45) is 0 Å². The summed E-state index contributed by atoms with van der Waals surface area (Å²) in [5.41, 5.74) is 8.71. The average Bonchev–Trinajstić information content (AvgIpc) is 3.64. The molecule has 0 saturated heterocycles. The van der Waals surface area contributed by atoms with Gasteiger partial charge in [0.05, 0.1) is 28.8 Å². The van der Waals surface area contributed by atoms with Crippen LogP contribution in [-0.2, 0) is 27.2 Å². The second kappa shape index (κ2) is 12.7. The highest BCUT2D eigenvalue weighted by Crippen LogP contribution is 2.30. The number of carbonyl (C=O) groups is 3. The van der Waals surface area contributed by atoms with Crippen LogP contribution in [0.3, 0.4) is 0 Å². The molecule has 8 bridgehead atoms. The Kier molecular flexibility index (Phi) is 9.07. The van der Waals surface area contributed by atoms with Gasteiger partial charge < -0.3 is 40.4 Å². The minimum absolute atomic E-state index is 0.0845. The first kappa shape index (κ1) is 33.5. The lowest BCUT2D eigenvalue weighted by Crippen LogP contribution is -2.22. The van der Waals surface area contributed by atoms with Crippen LogP contribution in [0.2, 0.25) is 0 Å². The predicted octanol–water partition coefficient (Wildman–Crippen LogP) is 1.96. The number of Topliss-reactive ketones (excluding diaryl/α,β-unsaturated/α-hetero) is 1. The Bertz CT molecular complexity index is 2180. The molecular weight excluding hydrogens is 600 g/mol. The van der Waals surface area contributed by atoms with Gasteiger partial charge >= 0.3 is 11.9 Å². The fourth-order valence-electron chi connectivity index (χ4n) is 6.94. The van der Waals surface area contributed by atoms with E-state index in [1.54, 1.807) is 13.8 Å². The Balaban J connectivity index is 2.02. The molecule has 0 amide bonds. The van der Waals surface area contributed by atoms with Crippen LogP contribution in [-0.4, -0.2) is 58.1 Å². The molecule has 0 fully saturated rings. The lowest BCUT2D eigenvalue weighted by molar-refractivity contribution is -0.138. The highest BCUT2D eigenvalue weighted by Gasteiger charge is 2.25. The highest BCUT2D eigenvalue weighted by atomic mass is 16.4. The van der Waals surface area contributed by atoms with Gasteiger partial charge in [0.25, 0.3) is 0 Å². The molecule has 0 aromatic carbocycles. The summed E-state index contributed by atoms with van der Waals surface area (Å²) in [7, 11) is 0. The van der Waals surface area contributed by atoms with Gasteiger partial charge in [0, 0.05) is 57.1 Å². The molecule has 0 aliphatic carbocycles. The number of carboxylic acid groups (broad SMARTS) is 2. The molecule has 0 radical (unpaired) electrons. The molecule has 4 aromatic heterocycles. The monoisotopic (exact) mass is 642 g/mol. The third kappa shape index (κ3) is 6.16. The Morgan fingerprint density at radius 2 is 1.19 bits per heavy atom. The zero-order valence-corrected chi connectivity index (χ0v) is 27.7. The maximum Gasteiger partial charge on any atom is 0.303 e. The molecule has 248 valence electrons. The van der Waals surface area contributed by atoms with E-state index in [-0.39, 0.29) is 31.5 Å². The van der Waals surface area contributed by atoms with Crippen LogP contribution in [0, 0.1) is 27.7 Å². The van der Waals surface area contributed by atoms with Gasteiger partial charge in [-0.3, -0.25) is 14.4 Å². The molecular formula is C36H42N4O7. The number of nitrogens with one attached hydrogen (secondary N) is 4. The van der Waals surface area contributed by atoms with Gasteiger partial charge in [0.15, 0.2) is 5.78 Å². The normalized spacial score (nSPS) is 13.9. The van der Waals surface area contributed by atoms with E-state index in [4.69, 9.17) is 0 Å². The van der Waals surface area contributed by atoms with E-state index in [1.165, 1.54) is 6.92 Å². The lowest BCUT2D eigenvalue weighted by Gasteiger charge is -2.09. The van der Waals surface area contributed by atoms with Crippen LogP contribution in [0.5, 0.6) is 0 Å². The Labute approximate surface area is 271 Å². The Morgan fingerprint density at radius 1 is 0.638 bits per heavy atom. The van der Waals surface area contributed by atoms with Gasteiger partial charge in [0.2, 0.25) is 0 Å². The molecule has 8 N–H and O–H groups in total. The quantitative estimate of drug-likeness (QED) is 0.137. The van der Waals surface area contributed by atoms with Crippen molar-refractivity contribution in [2.75, 3.05) is 0 Å². The van der Waals surface area contributed by atoms with E-state index in [0.717, 1.165) is 33.5 Å². The third-order valence-corrected chi connectivity index (χ3v) is 9.30. The minimum Gasteiger partial charge on any atom is -0.481 e. The average molecular weight is 643 g/mol. The molecule has 2 unspecified atom stereocenters. The number of aliphatic hydroxyl groups is 2. The topological polar surface area (TPSA) is 195 Å². The van der Waals surface area contributed by atoms with Crippen molar-refractivity contribution < 1.29 is 34.8 Å². The number of hydrogen-bond donors (Lipinski definition) is 8. The molecule has 2 atom stereocenters. The summed E-state index contributed by atoms with van der Waals surface area (Å²) >= 11 is 0. The minimum atomic E-state index is -0.930. The third-order valence-electron chi connectivity index (χ3n) is 9.30. The molecule has 4 aromatic rings. The van der Waals surface area contributed by atoms with E-state index in [1.807, 2.05) is 45.9 Å². The number of aromatic nitrogens is 4. The highest BCUT2D eigenvalue weighted by molar-refractivity contribution is 6.19. The van der Waals surface area contributed by atoms with E-state index < -0.39 is 24.1 Å². The summed E-state index contributed by atoms with van der Waals surface area (Å²) in [4.78, 5) is 50.4. The van der Waals surface area contributed by atoms with Crippen LogP contribution >= 0.6 is 0 Å². The van der Waals surface area contributed by atoms with Crippen molar-refractivity contribution in [1.82, 2.24) is 19.9 Å². The fraction of sp³-hybridized carbons (Fsp3) is 0.361. The smallest absolute Gasteiger partial charge is 0.303 e. The Morgan fingerprint density at radius 3 is 1.77 bits per heavy atom. The zero-order valence-electron chi connectivity index (χ0n) is 27.7. The number of aliphatic carboxylic acids is 2. The molecule has 11 heteroatoms. The molecule has 1 aliphatic heterocycles. The number of aliphatic hydroxyl groups excluding tert-OH is 2. The van der Waals surface area contributed by atoms with Crippen LogP contribution in [0.15, 0.2) is 0 Å². The molecule has 11 nitrogen and oxygen atoms in total. The van der Waals surface area contributed by atoms with Crippen molar-refractivity contribution in [3.05, 3.63) is 88.7 Å². The molecule has 0 spiro atoms. The van der Waals surface area contributed by atoms with E-state index in [2.05, 4.69) is 19.9 Å². The van der Waals surface area contributed by atoms with E-state index in [9.17, 15) is 34.8 Å². The van der Waals surface area contributed by atoms with Gasteiger partial charge in [-0.2, -0.15) is 0 Å². The number of carboxylic acids is 2. The molecule has 0 saturated carbocycles. The van der Waals surface area contributed by atoms with Crippen LogP contribution < -0.4 is 21.4 Å². The van der Waals surface area contributed by atoms with Crippen LogP contribution in [0.1, 0.15) is 113 Å². The van der Waals surface area contributed by atoms with Gasteiger partial charge in [-0.05, 0) is 113 Å². The lowest BCUT2D eigenvalue weighted by atomic mass is 9.97. The number of H-pyrrole nitrogens is 4. The molecule has 47 heavy (non-hydrogen) atoms. The van der Waals surface area contributed by atoms with Gasteiger partial charge in [-0.15, -0.1) is 0 Å². The number of fused-ring (bicyclic) bond motifs is 8. The first-order valence-corrected chi connectivity index (χ1v) is 15.7. The zero-order chi connectivity index (χ0) is 34.5. The van der Waals surface area contributed by atoms with Crippen LogP contribution in [0.25, 0.3) is 23.8 Å².